The van der Waals surface area contributed by atoms with E-state index in [0.29, 0.717) is 0 Å². The molecule has 2 saturated heterocycles. The summed E-state index contributed by atoms with van der Waals surface area (Å²) in [5, 5.41) is 0. The van der Waals surface area contributed by atoms with Crippen LogP contribution in [0.3, 0.4) is 0 Å². The fraction of sp³-hybridized carbons (Fsp3) is 0.545. The Morgan fingerprint density at radius 2 is 1.73 bits per heavy atom. The first kappa shape index (κ1) is 17.8. The van der Waals surface area contributed by atoms with Crippen molar-refractivity contribution in [3.8, 4) is 5.75 Å². The molecular formula is C22H28O4. The van der Waals surface area contributed by atoms with Crippen LogP contribution in [-0.2, 0) is 14.2 Å². The summed E-state index contributed by atoms with van der Waals surface area (Å²) in [4.78, 5) is 0. The van der Waals surface area contributed by atoms with Gasteiger partial charge in [-0.25, -0.2) is 0 Å². The van der Waals surface area contributed by atoms with Crippen molar-refractivity contribution in [1.82, 2.24) is 0 Å². The zero-order valence-corrected chi connectivity index (χ0v) is 15.3. The maximum atomic E-state index is 6.13. The van der Waals surface area contributed by atoms with Crippen molar-refractivity contribution in [2.24, 2.45) is 0 Å². The van der Waals surface area contributed by atoms with Crippen molar-refractivity contribution in [3.05, 3.63) is 48.1 Å². The maximum Gasteiger partial charge on any atom is 0.199 e. The zero-order chi connectivity index (χ0) is 17.6. The van der Waals surface area contributed by atoms with Crippen LogP contribution < -0.4 is 4.74 Å². The molecule has 1 aromatic rings. The third kappa shape index (κ3) is 4.76. The molecule has 1 aromatic carbocycles. The molecule has 2 fully saturated rings. The van der Waals surface area contributed by atoms with Crippen LogP contribution in [0.2, 0.25) is 0 Å². The van der Waals surface area contributed by atoms with Gasteiger partial charge in [0.25, 0.3) is 0 Å². The summed E-state index contributed by atoms with van der Waals surface area (Å²) in [5.41, 5.74) is 2.45. The van der Waals surface area contributed by atoms with Gasteiger partial charge >= 0.3 is 0 Å². The third-order valence-corrected chi connectivity index (χ3v) is 5.12. The molecule has 3 unspecified atom stereocenters. The SMILES string of the molecule is C1=CC(OC2CCCCO2)CC(c2cccc(OC3CCCCO3)c2)=C1. The Morgan fingerprint density at radius 3 is 2.50 bits per heavy atom. The average molecular weight is 356 g/mol. The Bertz CT molecular complexity index is 639. The summed E-state index contributed by atoms with van der Waals surface area (Å²) in [6.07, 6.45) is 13.7. The van der Waals surface area contributed by atoms with Crippen LogP contribution in [0.4, 0.5) is 0 Å². The van der Waals surface area contributed by atoms with E-state index in [1.165, 1.54) is 24.0 Å². The molecule has 0 aromatic heterocycles. The Kier molecular flexibility index (Phi) is 6.05. The fourth-order valence-electron chi connectivity index (χ4n) is 3.69. The van der Waals surface area contributed by atoms with Gasteiger partial charge in [0.1, 0.15) is 5.75 Å². The normalized spacial score (nSPS) is 29.2. The molecule has 0 N–H and O–H groups in total. The van der Waals surface area contributed by atoms with Crippen LogP contribution in [0.25, 0.3) is 5.57 Å². The topological polar surface area (TPSA) is 36.9 Å². The van der Waals surface area contributed by atoms with Crippen LogP contribution in [0.15, 0.2) is 42.5 Å². The van der Waals surface area contributed by atoms with Gasteiger partial charge in [0.15, 0.2) is 12.6 Å². The van der Waals surface area contributed by atoms with Gasteiger partial charge in [-0.15, -0.1) is 0 Å². The predicted molar refractivity (Wildman–Crippen MR) is 101 cm³/mol. The van der Waals surface area contributed by atoms with Gasteiger partial charge in [-0.2, -0.15) is 0 Å². The monoisotopic (exact) mass is 356 g/mol. The molecule has 4 heteroatoms. The number of hydrogen-bond donors (Lipinski definition) is 0. The molecule has 3 aliphatic rings. The van der Waals surface area contributed by atoms with Crippen LogP contribution in [0.5, 0.6) is 5.75 Å². The van der Waals surface area contributed by atoms with E-state index in [2.05, 4.69) is 30.4 Å². The van der Waals surface area contributed by atoms with E-state index >= 15 is 0 Å². The third-order valence-electron chi connectivity index (χ3n) is 5.12. The quantitative estimate of drug-likeness (QED) is 0.756. The van der Waals surface area contributed by atoms with Crippen LogP contribution >= 0.6 is 0 Å². The summed E-state index contributed by atoms with van der Waals surface area (Å²) in [6, 6.07) is 8.29. The molecule has 0 spiro atoms. The first-order valence-electron chi connectivity index (χ1n) is 9.90. The number of ether oxygens (including phenoxy) is 4. The van der Waals surface area contributed by atoms with Crippen molar-refractivity contribution in [1.29, 1.82) is 0 Å². The minimum Gasteiger partial charge on any atom is -0.465 e. The van der Waals surface area contributed by atoms with E-state index in [0.717, 1.165) is 51.1 Å². The number of allylic oxidation sites excluding steroid dienone is 2. The van der Waals surface area contributed by atoms with Crippen LogP contribution in [0, 0.1) is 0 Å². The van der Waals surface area contributed by atoms with Crippen molar-refractivity contribution < 1.29 is 18.9 Å². The molecule has 2 aliphatic heterocycles. The summed E-state index contributed by atoms with van der Waals surface area (Å²) in [5.74, 6) is 0.873. The highest BCUT2D eigenvalue weighted by molar-refractivity contribution is 5.69. The minimum absolute atomic E-state index is 0.0594. The Morgan fingerprint density at radius 1 is 0.923 bits per heavy atom. The van der Waals surface area contributed by atoms with Gasteiger partial charge in [0, 0.05) is 19.4 Å². The van der Waals surface area contributed by atoms with Gasteiger partial charge in [0.2, 0.25) is 0 Å². The molecule has 4 nitrogen and oxygen atoms in total. The number of benzene rings is 1. The molecular weight excluding hydrogens is 328 g/mol. The molecule has 2 heterocycles. The second-order valence-corrected chi connectivity index (χ2v) is 7.19. The first-order valence-corrected chi connectivity index (χ1v) is 9.90. The zero-order valence-electron chi connectivity index (χ0n) is 15.3. The fourth-order valence-corrected chi connectivity index (χ4v) is 3.69. The van der Waals surface area contributed by atoms with Crippen molar-refractivity contribution >= 4 is 5.57 Å². The van der Waals surface area contributed by atoms with Crippen LogP contribution in [0.1, 0.15) is 50.5 Å². The minimum atomic E-state index is -0.112. The number of rotatable bonds is 5. The molecule has 0 radical (unpaired) electrons. The lowest BCUT2D eigenvalue weighted by Crippen LogP contribution is -2.27. The van der Waals surface area contributed by atoms with Gasteiger partial charge in [-0.3, -0.25) is 0 Å². The largest absolute Gasteiger partial charge is 0.465 e. The lowest BCUT2D eigenvalue weighted by molar-refractivity contribution is -0.177. The Labute approximate surface area is 155 Å². The van der Waals surface area contributed by atoms with E-state index in [-0.39, 0.29) is 18.7 Å². The average Bonchev–Trinajstić information content (AvgIpc) is 2.70. The maximum absolute atomic E-state index is 6.13. The summed E-state index contributed by atoms with van der Waals surface area (Å²) < 4.78 is 23.6. The standard InChI is InChI=1S/C22H28O4/c1-3-13-23-21(11-1)25-19-9-5-7-17(15-19)18-8-6-10-20(16-18)26-22-12-2-4-14-24-22/h5-10,15,20-22H,1-4,11-14,16H2. The molecule has 0 amide bonds. The molecule has 3 atom stereocenters. The Hall–Kier alpha value is -1.62. The van der Waals surface area contributed by atoms with Gasteiger partial charge in [0.05, 0.1) is 12.7 Å². The van der Waals surface area contributed by atoms with Gasteiger partial charge in [-0.05, 0) is 55.4 Å². The lowest BCUT2D eigenvalue weighted by atomic mass is 9.95. The highest BCUT2D eigenvalue weighted by Crippen LogP contribution is 2.30. The predicted octanol–water partition coefficient (Wildman–Crippen LogP) is 4.85. The van der Waals surface area contributed by atoms with E-state index < -0.39 is 0 Å². The highest BCUT2D eigenvalue weighted by Gasteiger charge is 2.21. The van der Waals surface area contributed by atoms with E-state index in [9.17, 15) is 0 Å². The lowest BCUT2D eigenvalue weighted by Gasteiger charge is -2.28. The van der Waals surface area contributed by atoms with Crippen LogP contribution in [-0.4, -0.2) is 31.9 Å². The smallest absolute Gasteiger partial charge is 0.199 e. The van der Waals surface area contributed by atoms with Crippen molar-refractivity contribution in [2.75, 3.05) is 13.2 Å². The molecule has 1 aliphatic carbocycles. The van der Waals surface area contributed by atoms with E-state index in [1.807, 2.05) is 12.1 Å². The first-order chi connectivity index (χ1) is 12.9. The summed E-state index contributed by atoms with van der Waals surface area (Å²) >= 11 is 0. The van der Waals surface area contributed by atoms with Crippen molar-refractivity contribution in [2.45, 2.75) is 63.6 Å². The summed E-state index contributed by atoms with van der Waals surface area (Å²) in [7, 11) is 0. The molecule has 0 bridgehead atoms. The summed E-state index contributed by atoms with van der Waals surface area (Å²) in [6.45, 7) is 1.61. The van der Waals surface area contributed by atoms with Gasteiger partial charge < -0.3 is 18.9 Å². The molecule has 4 rings (SSSR count). The number of hydrogen-bond acceptors (Lipinski definition) is 4. The molecule has 140 valence electrons. The highest BCUT2D eigenvalue weighted by atomic mass is 16.7. The van der Waals surface area contributed by atoms with Gasteiger partial charge in [-0.1, -0.05) is 30.4 Å². The second-order valence-electron chi connectivity index (χ2n) is 7.19. The molecule has 26 heavy (non-hydrogen) atoms. The van der Waals surface area contributed by atoms with Crippen molar-refractivity contribution in [3.63, 3.8) is 0 Å². The Balaban J connectivity index is 1.37. The molecule has 0 saturated carbocycles. The van der Waals surface area contributed by atoms with E-state index in [1.54, 1.807) is 0 Å². The second kappa shape index (κ2) is 8.85. The van der Waals surface area contributed by atoms with E-state index in [4.69, 9.17) is 18.9 Å².